The number of hydrogen-bond acceptors (Lipinski definition) is 2. The van der Waals surface area contributed by atoms with E-state index in [9.17, 15) is 9.50 Å². The fourth-order valence-electron chi connectivity index (χ4n) is 2.37. The Morgan fingerprint density at radius 2 is 1.58 bits per heavy atom. The number of benzene rings is 1. The van der Waals surface area contributed by atoms with Crippen molar-refractivity contribution in [3.63, 3.8) is 0 Å². The van der Waals surface area contributed by atoms with Gasteiger partial charge in [-0.1, -0.05) is 33.8 Å². The standard InChI is InChI=1S/C16H26FNO/c1-11(2)9-18(10-12(3)4)15-8-6-7-14(17)16(15)13(5)19/h6-8,11-13,19H,9-10H2,1-5H3/t13-/m0/s1. The Kier molecular flexibility index (Phi) is 5.80. The fourth-order valence-corrected chi connectivity index (χ4v) is 2.37. The Balaban J connectivity index is 3.17. The van der Waals surface area contributed by atoms with Gasteiger partial charge < -0.3 is 10.0 Å². The van der Waals surface area contributed by atoms with Crippen molar-refractivity contribution >= 4 is 5.69 Å². The minimum atomic E-state index is -0.793. The highest BCUT2D eigenvalue weighted by atomic mass is 19.1. The molecule has 19 heavy (non-hydrogen) atoms. The predicted molar refractivity (Wildman–Crippen MR) is 78.9 cm³/mol. The first-order chi connectivity index (χ1) is 8.82. The summed E-state index contributed by atoms with van der Waals surface area (Å²) in [6.07, 6.45) is -0.793. The lowest BCUT2D eigenvalue weighted by molar-refractivity contribution is 0.194. The molecule has 1 aromatic rings. The van der Waals surface area contributed by atoms with Crippen molar-refractivity contribution in [2.24, 2.45) is 11.8 Å². The number of anilines is 1. The van der Waals surface area contributed by atoms with E-state index in [4.69, 9.17) is 0 Å². The zero-order chi connectivity index (χ0) is 14.6. The monoisotopic (exact) mass is 267 g/mol. The van der Waals surface area contributed by atoms with Gasteiger partial charge >= 0.3 is 0 Å². The lowest BCUT2D eigenvalue weighted by atomic mass is 10.0. The molecule has 0 heterocycles. The van der Waals surface area contributed by atoms with Crippen LogP contribution in [-0.4, -0.2) is 18.2 Å². The number of aliphatic hydroxyl groups excluding tert-OH is 1. The van der Waals surface area contributed by atoms with Crippen LogP contribution >= 0.6 is 0 Å². The SMILES string of the molecule is CC(C)CN(CC(C)C)c1cccc(F)c1[C@H](C)O. The number of hydrogen-bond donors (Lipinski definition) is 1. The topological polar surface area (TPSA) is 23.5 Å². The van der Waals surface area contributed by atoms with E-state index >= 15 is 0 Å². The molecule has 1 rings (SSSR count). The zero-order valence-corrected chi connectivity index (χ0v) is 12.7. The molecule has 0 fully saturated rings. The van der Waals surface area contributed by atoms with Gasteiger partial charge in [0.15, 0.2) is 0 Å². The molecule has 0 aliphatic heterocycles. The molecular formula is C16H26FNO. The third-order valence-electron chi connectivity index (χ3n) is 2.96. The van der Waals surface area contributed by atoms with Crippen LogP contribution in [0.5, 0.6) is 0 Å². The quantitative estimate of drug-likeness (QED) is 0.842. The molecule has 1 atom stereocenters. The van der Waals surface area contributed by atoms with Gasteiger partial charge in [0.2, 0.25) is 0 Å². The van der Waals surface area contributed by atoms with Crippen LogP contribution < -0.4 is 4.90 Å². The van der Waals surface area contributed by atoms with Crippen LogP contribution in [0.4, 0.5) is 10.1 Å². The molecule has 2 nitrogen and oxygen atoms in total. The summed E-state index contributed by atoms with van der Waals surface area (Å²) < 4.78 is 13.9. The number of rotatable bonds is 6. The first kappa shape index (κ1) is 16.0. The second-order valence-corrected chi connectivity index (χ2v) is 6.04. The third kappa shape index (κ3) is 4.50. The van der Waals surface area contributed by atoms with E-state index in [2.05, 4.69) is 32.6 Å². The predicted octanol–water partition coefficient (Wildman–Crippen LogP) is 4.00. The highest BCUT2D eigenvalue weighted by Gasteiger charge is 2.19. The first-order valence-corrected chi connectivity index (χ1v) is 7.04. The highest BCUT2D eigenvalue weighted by molar-refractivity contribution is 5.55. The van der Waals surface area contributed by atoms with Crippen LogP contribution in [0.1, 0.15) is 46.3 Å². The van der Waals surface area contributed by atoms with E-state index in [-0.39, 0.29) is 5.82 Å². The Morgan fingerprint density at radius 1 is 1.05 bits per heavy atom. The maximum atomic E-state index is 13.9. The minimum Gasteiger partial charge on any atom is -0.389 e. The molecule has 0 saturated heterocycles. The van der Waals surface area contributed by atoms with Crippen molar-refractivity contribution in [1.82, 2.24) is 0 Å². The van der Waals surface area contributed by atoms with Crippen LogP contribution in [-0.2, 0) is 0 Å². The van der Waals surface area contributed by atoms with Crippen molar-refractivity contribution in [2.45, 2.75) is 40.7 Å². The van der Waals surface area contributed by atoms with Gasteiger partial charge in [-0.3, -0.25) is 0 Å². The largest absolute Gasteiger partial charge is 0.389 e. The van der Waals surface area contributed by atoms with Gasteiger partial charge in [0, 0.05) is 24.3 Å². The third-order valence-corrected chi connectivity index (χ3v) is 2.96. The molecule has 0 bridgehead atoms. The summed E-state index contributed by atoms with van der Waals surface area (Å²) in [6.45, 7) is 11.9. The summed E-state index contributed by atoms with van der Waals surface area (Å²) in [6, 6.07) is 5.02. The molecule has 0 saturated carbocycles. The van der Waals surface area contributed by atoms with Crippen LogP contribution in [0.15, 0.2) is 18.2 Å². The first-order valence-electron chi connectivity index (χ1n) is 7.04. The maximum Gasteiger partial charge on any atom is 0.131 e. The minimum absolute atomic E-state index is 0.329. The second kappa shape index (κ2) is 6.90. The van der Waals surface area contributed by atoms with Crippen LogP contribution in [0.25, 0.3) is 0 Å². The van der Waals surface area contributed by atoms with Crippen LogP contribution in [0.2, 0.25) is 0 Å². The van der Waals surface area contributed by atoms with Gasteiger partial charge in [-0.25, -0.2) is 4.39 Å². The molecule has 0 radical (unpaired) electrons. The van der Waals surface area contributed by atoms with Crippen LogP contribution in [0, 0.1) is 17.7 Å². The Morgan fingerprint density at radius 3 is 2.00 bits per heavy atom. The van der Waals surface area contributed by atoms with Gasteiger partial charge in [-0.2, -0.15) is 0 Å². The molecule has 108 valence electrons. The van der Waals surface area contributed by atoms with Gasteiger partial charge in [0.05, 0.1) is 6.10 Å². The molecule has 1 N–H and O–H groups in total. The molecule has 0 aliphatic rings. The van der Waals surface area contributed by atoms with Gasteiger partial charge in [-0.05, 0) is 30.9 Å². The highest BCUT2D eigenvalue weighted by Crippen LogP contribution is 2.30. The molecular weight excluding hydrogens is 241 g/mol. The summed E-state index contributed by atoms with van der Waals surface area (Å²) in [5.74, 6) is 0.651. The van der Waals surface area contributed by atoms with Gasteiger partial charge in [-0.15, -0.1) is 0 Å². The second-order valence-electron chi connectivity index (χ2n) is 6.04. The maximum absolute atomic E-state index is 13.9. The van der Waals surface area contributed by atoms with Gasteiger partial charge in [0.25, 0.3) is 0 Å². The summed E-state index contributed by atoms with van der Waals surface area (Å²) in [5, 5.41) is 9.84. The Bertz CT molecular complexity index is 392. The number of halogens is 1. The van der Waals surface area contributed by atoms with Crippen molar-refractivity contribution in [1.29, 1.82) is 0 Å². The molecule has 0 aromatic heterocycles. The van der Waals surface area contributed by atoms with Crippen molar-refractivity contribution < 1.29 is 9.50 Å². The Hall–Kier alpha value is -1.09. The summed E-state index contributed by atoms with van der Waals surface area (Å²) in [5.41, 5.74) is 1.22. The van der Waals surface area contributed by atoms with Crippen molar-refractivity contribution in [2.75, 3.05) is 18.0 Å². The van der Waals surface area contributed by atoms with E-state index in [0.717, 1.165) is 18.8 Å². The van der Waals surface area contributed by atoms with E-state index in [0.29, 0.717) is 17.4 Å². The number of nitrogens with zero attached hydrogens (tertiary/aromatic N) is 1. The Labute approximate surface area is 116 Å². The molecule has 0 amide bonds. The fraction of sp³-hybridized carbons (Fsp3) is 0.625. The lowest BCUT2D eigenvalue weighted by Crippen LogP contribution is -2.32. The normalized spacial score (nSPS) is 13.1. The summed E-state index contributed by atoms with van der Waals surface area (Å²) >= 11 is 0. The van der Waals surface area contributed by atoms with Crippen molar-refractivity contribution in [3.8, 4) is 0 Å². The average molecular weight is 267 g/mol. The lowest BCUT2D eigenvalue weighted by Gasteiger charge is -2.31. The van der Waals surface area contributed by atoms with Crippen LogP contribution in [0.3, 0.4) is 0 Å². The molecule has 3 heteroatoms. The van der Waals surface area contributed by atoms with E-state index in [1.54, 1.807) is 13.0 Å². The molecule has 0 aliphatic carbocycles. The molecule has 1 aromatic carbocycles. The van der Waals surface area contributed by atoms with Gasteiger partial charge in [0.1, 0.15) is 5.82 Å². The van der Waals surface area contributed by atoms with Crippen molar-refractivity contribution in [3.05, 3.63) is 29.6 Å². The summed E-state index contributed by atoms with van der Waals surface area (Å²) in [4.78, 5) is 2.18. The summed E-state index contributed by atoms with van der Waals surface area (Å²) in [7, 11) is 0. The van der Waals surface area contributed by atoms with E-state index in [1.165, 1.54) is 6.07 Å². The molecule has 0 unspecified atom stereocenters. The average Bonchev–Trinajstić information content (AvgIpc) is 2.25. The number of aliphatic hydroxyl groups is 1. The van der Waals surface area contributed by atoms with E-state index < -0.39 is 6.10 Å². The zero-order valence-electron chi connectivity index (χ0n) is 12.7. The molecule has 0 spiro atoms. The van der Waals surface area contributed by atoms with E-state index in [1.807, 2.05) is 6.07 Å². The smallest absolute Gasteiger partial charge is 0.131 e.